The molecule has 2 rings (SSSR count). The molecule has 1 aromatic rings. The molecule has 0 radical (unpaired) electrons. The Morgan fingerprint density at radius 2 is 1.82 bits per heavy atom. The minimum absolute atomic E-state index is 0.0960. The third-order valence-electron chi connectivity index (χ3n) is 2.36. The molecule has 11 heavy (non-hydrogen) atoms. The summed E-state index contributed by atoms with van der Waals surface area (Å²) in [4.78, 5) is 10.7. The van der Waals surface area contributed by atoms with Gasteiger partial charge in [0, 0.05) is 0 Å². The van der Waals surface area contributed by atoms with Crippen LogP contribution in [-0.4, -0.2) is 6.29 Å². The summed E-state index contributed by atoms with van der Waals surface area (Å²) in [6, 6.07) is 10.0. The van der Waals surface area contributed by atoms with Crippen LogP contribution in [0.3, 0.4) is 0 Å². The van der Waals surface area contributed by atoms with Crippen molar-refractivity contribution in [3.8, 4) is 0 Å². The molecule has 0 N–H and O–H groups in total. The van der Waals surface area contributed by atoms with E-state index in [4.69, 9.17) is 0 Å². The number of carbonyl (C=O) groups is 1. The molecule has 1 fully saturated rings. The molecule has 0 atom stereocenters. The van der Waals surface area contributed by atoms with Crippen LogP contribution in [0.15, 0.2) is 30.3 Å². The summed E-state index contributed by atoms with van der Waals surface area (Å²) >= 11 is 0. The van der Waals surface area contributed by atoms with E-state index >= 15 is 0 Å². The van der Waals surface area contributed by atoms with Crippen molar-refractivity contribution in [3.63, 3.8) is 0 Å². The number of carbonyl (C=O) groups excluding carboxylic acids is 1. The molecule has 0 saturated heterocycles. The Labute approximate surface area is 66.0 Å². The van der Waals surface area contributed by atoms with Crippen molar-refractivity contribution >= 4 is 6.29 Å². The average molecular weight is 146 g/mol. The van der Waals surface area contributed by atoms with Gasteiger partial charge in [-0.15, -0.1) is 0 Å². The number of aldehydes is 1. The second kappa shape index (κ2) is 2.19. The first-order valence-corrected chi connectivity index (χ1v) is 3.89. The quantitative estimate of drug-likeness (QED) is 0.582. The summed E-state index contributed by atoms with van der Waals surface area (Å²) in [5.41, 5.74) is 1.08. The molecule has 0 bridgehead atoms. The lowest BCUT2D eigenvalue weighted by Crippen LogP contribution is -2.06. The monoisotopic (exact) mass is 146 g/mol. The van der Waals surface area contributed by atoms with Crippen molar-refractivity contribution in [2.45, 2.75) is 18.3 Å². The van der Waals surface area contributed by atoms with Gasteiger partial charge in [-0.25, -0.2) is 0 Å². The highest BCUT2D eigenvalue weighted by molar-refractivity contribution is 5.72. The predicted octanol–water partition coefficient (Wildman–Crippen LogP) is 1.92. The van der Waals surface area contributed by atoms with Gasteiger partial charge in [0.15, 0.2) is 0 Å². The van der Waals surface area contributed by atoms with Gasteiger partial charge in [0.05, 0.1) is 5.41 Å². The molecule has 0 heterocycles. The zero-order chi connectivity index (χ0) is 7.73. The normalized spacial score (nSPS) is 19.3. The summed E-state index contributed by atoms with van der Waals surface area (Å²) in [6.45, 7) is 0. The molecule has 0 aliphatic heterocycles. The lowest BCUT2D eigenvalue weighted by molar-refractivity contribution is -0.109. The number of hydrogen-bond acceptors (Lipinski definition) is 1. The van der Waals surface area contributed by atoms with Crippen LogP contribution in [-0.2, 0) is 10.2 Å². The van der Waals surface area contributed by atoms with Gasteiger partial charge in [0.25, 0.3) is 0 Å². The van der Waals surface area contributed by atoms with E-state index in [-0.39, 0.29) is 5.41 Å². The van der Waals surface area contributed by atoms with Crippen LogP contribution in [0, 0.1) is 0 Å². The molecule has 1 heteroatoms. The Morgan fingerprint density at radius 1 is 1.18 bits per heavy atom. The minimum atomic E-state index is -0.0960. The van der Waals surface area contributed by atoms with Crippen LogP contribution < -0.4 is 0 Å². The fourth-order valence-electron chi connectivity index (χ4n) is 1.38. The summed E-state index contributed by atoms with van der Waals surface area (Å²) < 4.78 is 0. The van der Waals surface area contributed by atoms with Crippen LogP contribution in [0.1, 0.15) is 18.4 Å². The molecule has 1 aliphatic carbocycles. The van der Waals surface area contributed by atoms with Crippen LogP contribution in [0.5, 0.6) is 0 Å². The molecule has 0 spiro atoms. The molecule has 0 amide bonds. The second-order valence-electron chi connectivity index (χ2n) is 3.14. The third kappa shape index (κ3) is 0.967. The largest absolute Gasteiger partial charge is 0.302 e. The van der Waals surface area contributed by atoms with Crippen LogP contribution in [0.4, 0.5) is 0 Å². The van der Waals surface area contributed by atoms with Crippen LogP contribution in [0.2, 0.25) is 0 Å². The topological polar surface area (TPSA) is 17.1 Å². The van der Waals surface area contributed by atoms with Gasteiger partial charge in [0.1, 0.15) is 6.29 Å². The van der Waals surface area contributed by atoms with Gasteiger partial charge in [0.2, 0.25) is 0 Å². The molecule has 1 nitrogen and oxygen atoms in total. The molecule has 1 aromatic carbocycles. The lowest BCUT2D eigenvalue weighted by Gasteiger charge is -2.04. The Morgan fingerprint density at radius 3 is 2.27 bits per heavy atom. The molecule has 0 unspecified atom stereocenters. The van der Waals surface area contributed by atoms with Gasteiger partial charge < -0.3 is 4.79 Å². The number of benzene rings is 1. The van der Waals surface area contributed by atoms with Crippen molar-refractivity contribution in [3.05, 3.63) is 35.9 Å². The molecule has 0 aromatic heterocycles. The van der Waals surface area contributed by atoms with Crippen molar-refractivity contribution in [2.24, 2.45) is 0 Å². The standard InChI is InChI=1S/C10H10O/c11-8-10(6-7-10)9-4-2-1-3-5-9/h1-5,8H,6-7H2. The van der Waals surface area contributed by atoms with Crippen LogP contribution in [0.25, 0.3) is 0 Å². The zero-order valence-electron chi connectivity index (χ0n) is 6.29. The maximum Gasteiger partial charge on any atom is 0.130 e. The van der Waals surface area contributed by atoms with E-state index in [0.29, 0.717) is 0 Å². The van der Waals surface area contributed by atoms with Crippen molar-refractivity contribution in [2.75, 3.05) is 0 Å². The SMILES string of the molecule is O=CC1(c2ccccc2)CC1. The second-order valence-corrected chi connectivity index (χ2v) is 3.14. The number of hydrogen-bond donors (Lipinski definition) is 0. The van der Waals surface area contributed by atoms with Crippen molar-refractivity contribution in [1.82, 2.24) is 0 Å². The predicted molar refractivity (Wildman–Crippen MR) is 43.4 cm³/mol. The van der Waals surface area contributed by atoms with Gasteiger partial charge in [-0.05, 0) is 18.4 Å². The smallest absolute Gasteiger partial charge is 0.130 e. The fraction of sp³-hybridized carbons (Fsp3) is 0.300. The molecule has 1 saturated carbocycles. The lowest BCUT2D eigenvalue weighted by atomic mass is 9.98. The van der Waals surface area contributed by atoms with E-state index in [1.54, 1.807) is 0 Å². The van der Waals surface area contributed by atoms with Gasteiger partial charge >= 0.3 is 0 Å². The maximum absolute atomic E-state index is 10.7. The summed E-state index contributed by atoms with van der Waals surface area (Å²) in [6.07, 6.45) is 3.14. The van der Waals surface area contributed by atoms with E-state index < -0.39 is 0 Å². The van der Waals surface area contributed by atoms with Crippen molar-refractivity contribution < 1.29 is 4.79 Å². The molecular formula is C10H10O. The Bertz CT molecular complexity index is 259. The van der Waals surface area contributed by atoms with Crippen molar-refractivity contribution in [1.29, 1.82) is 0 Å². The highest BCUT2D eigenvalue weighted by Gasteiger charge is 2.43. The highest BCUT2D eigenvalue weighted by Crippen LogP contribution is 2.45. The minimum Gasteiger partial charge on any atom is -0.302 e. The number of rotatable bonds is 2. The van der Waals surface area contributed by atoms with E-state index in [2.05, 4.69) is 0 Å². The summed E-state index contributed by atoms with van der Waals surface area (Å²) in [7, 11) is 0. The zero-order valence-corrected chi connectivity index (χ0v) is 6.29. The first-order chi connectivity index (χ1) is 5.37. The third-order valence-corrected chi connectivity index (χ3v) is 2.36. The Hall–Kier alpha value is -1.11. The maximum atomic E-state index is 10.7. The Balaban J connectivity index is 2.37. The van der Waals surface area contributed by atoms with E-state index in [1.165, 1.54) is 5.56 Å². The summed E-state index contributed by atoms with van der Waals surface area (Å²) in [5, 5.41) is 0. The fourth-order valence-corrected chi connectivity index (χ4v) is 1.38. The Kier molecular flexibility index (Phi) is 1.31. The first-order valence-electron chi connectivity index (χ1n) is 3.89. The van der Waals surface area contributed by atoms with Crippen LogP contribution >= 0.6 is 0 Å². The summed E-state index contributed by atoms with van der Waals surface area (Å²) in [5.74, 6) is 0. The van der Waals surface area contributed by atoms with Gasteiger partial charge in [-0.2, -0.15) is 0 Å². The molecule has 1 aliphatic rings. The highest BCUT2D eigenvalue weighted by atomic mass is 16.1. The van der Waals surface area contributed by atoms with E-state index in [0.717, 1.165) is 19.1 Å². The first kappa shape index (κ1) is 6.59. The van der Waals surface area contributed by atoms with E-state index in [1.807, 2.05) is 30.3 Å². The average Bonchev–Trinajstić information content (AvgIpc) is 2.86. The van der Waals surface area contributed by atoms with Gasteiger partial charge in [-0.1, -0.05) is 30.3 Å². The van der Waals surface area contributed by atoms with E-state index in [9.17, 15) is 4.79 Å². The molecule has 56 valence electrons. The molecular weight excluding hydrogens is 136 g/mol. The van der Waals surface area contributed by atoms with Gasteiger partial charge in [-0.3, -0.25) is 0 Å².